The first-order valence-corrected chi connectivity index (χ1v) is 7.93. The summed E-state index contributed by atoms with van der Waals surface area (Å²) in [6.07, 6.45) is 2.44. The molecule has 3 N–H and O–H groups in total. The van der Waals surface area contributed by atoms with Crippen molar-refractivity contribution in [2.24, 2.45) is 5.92 Å². The first-order valence-electron chi connectivity index (χ1n) is 6.45. The summed E-state index contributed by atoms with van der Waals surface area (Å²) in [5.74, 6) is 0.592. The number of pyridine rings is 1. The van der Waals surface area contributed by atoms with Gasteiger partial charge in [-0.3, -0.25) is 0 Å². The van der Waals surface area contributed by atoms with Gasteiger partial charge in [-0.2, -0.15) is 0 Å². The third kappa shape index (κ3) is 3.65. The Hall–Kier alpha value is -1.18. The van der Waals surface area contributed by atoms with Crippen LogP contribution >= 0.6 is 0 Å². The predicted molar refractivity (Wildman–Crippen MR) is 74.1 cm³/mol. The second-order valence-corrected chi connectivity index (χ2v) is 6.58. The SMILES string of the molecule is CCN1CCC(CNS(=O)(=O)c2ccnc(N)c2)C1. The van der Waals surface area contributed by atoms with E-state index in [0.29, 0.717) is 12.5 Å². The van der Waals surface area contributed by atoms with Gasteiger partial charge in [0.25, 0.3) is 0 Å². The van der Waals surface area contributed by atoms with E-state index in [1.807, 2.05) is 0 Å². The second kappa shape index (κ2) is 5.85. The topological polar surface area (TPSA) is 88.3 Å². The Morgan fingerprint density at radius 2 is 2.37 bits per heavy atom. The molecule has 0 radical (unpaired) electrons. The van der Waals surface area contributed by atoms with Crippen LogP contribution in [0.25, 0.3) is 0 Å². The number of nitrogens with two attached hydrogens (primary N) is 1. The maximum Gasteiger partial charge on any atom is 0.240 e. The van der Waals surface area contributed by atoms with Crippen molar-refractivity contribution in [3.05, 3.63) is 18.3 Å². The molecule has 106 valence electrons. The van der Waals surface area contributed by atoms with Crippen LogP contribution in [0, 0.1) is 5.92 Å². The van der Waals surface area contributed by atoms with Crippen LogP contribution in [-0.2, 0) is 10.0 Å². The minimum Gasteiger partial charge on any atom is -0.384 e. The van der Waals surface area contributed by atoms with Gasteiger partial charge in [0.05, 0.1) is 4.90 Å². The molecule has 1 saturated heterocycles. The average Bonchev–Trinajstić information content (AvgIpc) is 2.84. The van der Waals surface area contributed by atoms with Crippen molar-refractivity contribution in [3.63, 3.8) is 0 Å². The molecule has 1 unspecified atom stereocenters. The van der Waals surface area contributed by atoms with Crippen molar-refractivity contribution >= 4 is 15.8 Å². The van der Waals surface area contributed by atoms with E-state index in [9.17, 15) is 8.42 Å². The number of nitrogens with one attached hydrogen (secondary N) is 1. The van der Waals surface area contributed by atoms with Crippen molar-refractivity contribution in [2.75, 3.05) is 31.9 Å². The van der Waals surface area contributed by atoms with Gasteiger partial charge in [-0.1, -0.05) is 6.92 Å². The molecule has 1 fully saturated rings. The zero-order chi connectivity index (χ0) is 13.9. The molecule has 19 heavy (non-hydrogen) atoms. The number of aromatic nitrogens is 1. The van der Waals surface area contributed by atoms with E-state index in [-0.39, 0.29) is 10.7 Å². The Morgan fingerprint density at radius 3 is 3.00 bits per heavy atom. The third-order valence-electron chi connectivity index (χ3n) is 3.44. The Kier molecular flexibility index (Phi) is 4.38. The van der Waals surface area contributed by atoms with Gasteiger partial charge >= 0.3 is 0 Å². The van der Waals surface area contributed by atoms with Crippen LogP contribution in [0.2, 0.25) is 0 Å². The molecule has 0 bridgehead atoms. The molecule has 1 aliphatic heterocycles. The quantitative estimate of drug-likeness (QED) is 0.811. The van der Waals surface area contributed by atoms with Crippen molar-refractivity contribution in [1.82, 2.24) is 14.6 Å². The first kappa shape index (κ1) is 14.2. The number of nitrogens with zero attached hydrogens (tertiary/aromatic N) is 2. The Bertz CT molecular complexity index is 532. The van der Waals surface area contributed by atoms with E-state index in [4.69, 9.17) is 5.73 Å². The maximum atomic E-state index is 12.1. The van der Waals surface area contributed by atoms with Gasteiger partial charge in [0.2, 0.25) is 10.0 Å². The van der Waals surface area contributed by atoms with Gasteiger partial charge in [-0.15, -0.1) is 0 Å². The molecule has 0 aliphatic carbocycles. The molecule has 2 heterocycles. The van der Waals surface area contributed by atoms with Gasteiger partial charge in [-0.05, 0) is 31.5 Å². The summed E-state index contributed by atoms with van der Waals surface area (Å²) in [6.45, 7) is 5.61. The highest BCUT2D eigenvalue weighted by Crippen LogP contribution is 2.16. The lowest BCUT2D eigenvalue weighted by Gasteiger charge is -2.14. The monoisotopic (exact) mass is 284 g/mol. The number of sulfonamides is 1. The van der Waals surface area contributed by atoms with Gasteiger partial charge in [0.1, 0.15) is 5.82 Å². The molecule has 1 aromatic heterocycles. The standard InChI is InChI=1S/C12H20N4O2S/c1-2-16-6-4-10(9-16)8-15-19(17,18)11-3-5-14-12(13)7-11/h3,5,7,10,15H,2,4,6,8-9H2,1H3,(H2,13,14). The van der Waals surface area contributed by atoms with Crippen molar-refractivity contribution < 1.29 is 8.42 Å². The van der Waals surface area contributed by atoms with Crippen LogP contribution < -0.4 is 10.5 Å². The highest BCUT2D eigenvalue weighted by atomic mass is 32.2. The Morgan fingerprint density at radius 1 is 1.58 bits per heavy atom. The van der Waals surface area contributed by atoms with Crippen molar-refractivity contribution in [1.29, 1.82) is 0 Å². The number of nitrogen functional groups attached to an aromatic ring is 1. The van der Waals surface area contributed by atoms with Crippen molar-refractivity contribution in [2.45, 2.75) is 18.2 Å². The molecule has 7 heteroatoms. The van der Waals surface area contributed by atoms with Crippen LogP contribution in [0.3, 0.4) is 0 Å². The Balaban J connectivity index is 1.95. The fraction of sp³-hybridized carbons (Fsp3) is 0.583. The van der Waals surface area contributed by atoms with E-state index < -0.39 is 10.0 Å². The highest BCUT2D eigenvalue weighted by Gasteiger charge is 2.23. The summed E-state index contributed by atoms with van der Waals surface area (Å²) >= 11 is 0. The van der Waals surface area contributed by atoms with Crippen molar-refractivity contribution in [3.8, 4) is 0 Å². The van der Waals surface area contributed by atoms with Gasteiger partial charge in [-0.25, -0.2) is 18.1 Å². The Labute approximate surface area is 114 Å². The predicted octanol–water partition coefficient (Wildman–Crippen LogP) is 0.284. The zero-order valence-corrected chi connectivity index (χ0v) is 11.9. The largest absolute Gasteiger partial charge is 0.384 e. The van der Waals surface area contributed by atoms with E-state index in [1.54, 1.807) is 0 Å². The fourth-order valence-corrected chi connectivity index (χ4v) is 3.41. The number of likely N-dealkylation sites (tertiary alicyclic amines) is 1. The molecule has 0 amide bonds. The summed E-state index contributed by atoms with van der Waals surface area (Å²) < 4.78 is 26.8. The number of anilines is 1. The van der Waals surface area contributed by atoms with E-state index in [0.717, 1.165) is 26.1 Å². The molecule has 6 nitrogen and oxygen atoms in total. The van der Waals surface area contributed by atoms with E-state index in [1.165, 1.54) is 18.3 Å². The smallest absolute Gasteiger partial charge is 0.240 e. The van der Waals surface area contributed by atoms with Gasteiger partial charge in [0, 0.05) is 25.4 Å². The second-order valence-electron chi connectivity index (χ2n) is 4.82. The number of hydrogen-bond acceptors (Lipinski definition) is 5. The molecule has 0 spiro atoms. The molecule has 1 atom stereocenters. The van der Waals surface area contributed by atoms with Crippen LogP contribution in [0.4, 0.5) is 5.82 Å². The molecule has 0 saturated carbocycles. The maximum absolute atomic E-state index is 12.1. The van der Waals surface area contributed by atoms with Crippen LogP contribution in [0.15, 0.2) is 23.2 Å². The molecular formula is C12H20N4O2S. The lowest BCUT2D eigenvalue weighted by Crippen LogP contribution is -2.31. The fourth-order valence-electron chi connectivity index (χ4n) is 2.27. The zero-order valence-electron chi connectivity index (χ0n) is 11.0. The lowest BCUT2D eigenvalue weighted by atomic mass is 10.1. The molecular weight excluding hydrogens is 264 g/mol. The summed E-state index contributed by atoms with van der Waals surface area (Å²) in [7, 11) is -3.48. The summed E-state index contributed by atoms with van der Waals surface area (Å²) in [6, 6.07) is 2.82. The van der Waals surface area contributed by atoms with Crippen LogP contribution in [-0.4, -0.2) is 44.5 Å². The molecule has 0 aromatic carbocycles. The third-order valence-corrected chi connectivity index (χ3v) is 4.86. The number of hydrogen-bond donors (Lipinski definition) is 2. The highest BCUT2D eigenvalue weighted by molar-refractivity contribution is 7.89. The molecule has 1 aliphatic rings. The average molecular weight is 284 g/mol. The lowest BCUT2D eigenvalue weighted by molar-refractivity contribution is 0.342. The number of rotatable bonds is 5. The van der Waals surface area contributed by atoms with Gasteiger partial charge < -0.3 is 10.6 Å². The first-order chi connectivity index (χ1) is 9.01. The normalized spacial score (nSPS) is 20.8. The van der Waals surface area contributed by atoms with E-state index >= 15 is 0 Å². The van der Waals surface area contributed by atoms with Gasteiger partial charge in [0.15, 0.2) is 0 Å². The summed E-state index contributed by atoms with van der Waals surface area (Å²) in [4.78, 5) is 6.29. The molecule has 2 rings (SSSR count). The van der Waals surface area contributed by atoms with Crippen LogP contribution in [0.5, 0.6) is 0 Å². The van der Waals surface area contributed by atoms with Crippen LogP contribution in [0.1, 0.15) is 13.3 Å². The summed E-state index contributed by atoms with van der Waals surface area (Å²) in [5, 5.41) is 0. The minimum atomic E-state index is -3.48. The summed E-state index contributed by atoms with van der Waals surface area (Å²) in [5.41, 5.74) is 5.50. The molecule has 1 aromatic rings. The van der Waals surface area contributed by atoms with E-state index in [2.05, 4.69) is 21.5 Å². The minimum absolute atomic E-state index is 0.172.